The van der Waals surface area contributed by atoms with E-state index in [1.807, 2.05) is 19.1 Å². The molecule has 1 atom stereocenters. The molecule has 1 aliphatic carbocycles. The first-order valence-corrected chi connectivity index (χ1v) is 5.48. The Morgan fingerprint density at radius 1 is 1.53 bits per heavy atom. The highest BCUT2D eigenvalue weighted by Crippen LogP contribution is 2.29. The van der Waals surface area contributed by atoms with Crippen LogP contribution < -0.4 is 5.73 Å². The van der Waals surface area contributed by atoms with Crippen LogP contribution in [0.5, 0.6) is 0 Å². The van der Waals surface area contributed by atoms with Crippen molar-refractivity contribution in [3.8, 4) is 0 Å². The fourth-order valence-corrected chi connectivity index (χ4v) is 1.93. The zero-order valence-corrected chi connectivity index (χ0v) is 9.42. The Balaban J connectivity index is 2.71. The van der Waals surface area contributed by atoms with Crippen LogP contribution in [0, 0.1) is 11.3 Å². The predicted molar refractivity (Wildman–Crippen MR) is 65.9 cm³/mol. The lowest BCUT2D eigenvalue weighted by Gasteiger charge is -2.23. The first-order chi connectivity index (χ1) is 7.11. The first-order valence-electron chi connectivity index (χ1n) is 5.48. The number of hydrogen-bond acceptors (Lipinski definition) is 1. The maximum Gasteiger partial charge on any atom is 0.0978 e. The summed E-state index contributed by atoms with van der Waals surface area (Å²) in [7, 11) is 0. The van der Waals surface area contributed by atoms with Crippen molar-refractivity contribution in [3.05, 3.63) is 36.0 Å². The SMILES string of the molecule is C=C(C)/C=C\C=C1/CCCCC1C(=N)N. The van der Waals surface area contributed by atoms with Gasteiger partial charge in [0.25, 0.3) is 0 Å². The lowest BCUT2D eigenvalue weighted by molar-refractivity contribution is 0.535. The van der Waals surface area contributed by atoms with Gasteiger partial charge in [-0.15, -0.1) is 0 Å². The second-order valence-electron chi connectivity index (χ2n) is 4.20. The summed E-state index contributed by atoms with van der Waals surface area (Å²) in [5.41, 5.74) is 7.93. The van der Waals surface area contributed by atoms with Gasteiger partial charge >= 0.3 is 0 Å². The van der Waals surface area contributed by atoms with E-state index < -0.39 is 0 Å². The lowest BCUT2D eigenvalue weighted by Crippen LogP contribution is -2.26. The molecule has 0 aromatic carbocycles. The Hall–Kier alpha value is -1.31. The van der Waals surface area contributed by atoms with Gasteiger partial charge in [0.05, 0.1) is 5.84 Å². The Labute approximate surface area is 92.1 Å². The van der Waals surface area contributed by atoms with E-state index in [1.165, 1.54) is 18.4 Å². The van der Waals surface area contributed by atoms with Crippen molar-refractivity contribution >= 4 is 5.84 Å². The lowest BCUT2D eigenvalue weighted by atomic mass is 9.83. The van der Waals surface area contributed by atoms with E-state index in [0.29, 0.717) is 5.84 Å². The van der Waals surface area contributed by atoms with Crippen LogP contribution in [0.1, 0.15) is 32.6 Å². The molecular weight excluding hydrogens is 184 g/mol. The highest BCUT2D eigenvalue weighted by Gasteiger charge is 2.20. The Kier molecular flexibility index (Phi) is 4.35. The number of rotatable bonds is 3. The standard InChI is InChI=1S/C13H20N2/c1-10(2)6-5-8-11-7-3-4-9-12(11)13(14)15/h5-6,8,12H,1,3-4,7,9H2,2H3,(H3,14,15)/b6-5-,11-8+. The number of nitrogens with two attached hydrogens (primary N) is 1. The molecule has 0 amide bonds. The number of nitrogens with one attached hydrogen (secondary N) is 1. The molecule has 0 aliphatic heterocycles. The minimum absolute atomic E-state index is 0.175. The molecule has 0 spiro atoms. The van der Waals surface area contributed by atoms with Crippen LogP contribution in [-0.2, 0) is 0 Å². The molecule has 0 aromatic rings. The van der Waals surface area contributed by atoms with Gasteiger partial charge in [-0.1, -0.05) is 42.4 Å². The van der Waals surface area contributed by atoms with Gasteiger partial charge in [-0.2, -0.15) is 0 Å². The zero-order chi connectivity index (χ0) is 11.3. The van der Waals surface area contributed by atoms with Crippen molar-refractivity contribution in [2.24, 2.45) is 11.7 Å². The maximum absolute atomic E-state index is 7.53. The van der Waals surface area contributed by atoms with Gasteiger partial charge in [-0.3, -0.25) is 5.41 Å². The van der Waals surface area contributed by atoms with Crippen molar-refractivity contribution in [1.82, 2.24) is 0 Å². The van der Waals surface area contributed by atoms with Gasteiger partial charge in [0.2, 0.25) is 0 Å². The molecule has 2 heteroatoms. The largest absolute Gasteiger partial charge is 0.387 e. The van der Waals surface area contributed by atoms with E-state index >= 15 is 0 Å². The van der Waals surface area contributed by atoms with E-state index in [0.717, 1.165) is 18.4 Å². The molecule has 2 nitrogen and oxygen atoms in total. The van der Waals surface area contributed by atoms with Crippen LogP contribution >= 0.6 is 0 Å². The molecule has 0 heterocycles. The fourth-order valence-electron chi connectivity index (χ4n) is 1.93. The average Bonchev–Trinajstić information content (AvgIpc) is 2.17. The second-order valence-corrected chi connectivity index (χ2v) is 4.20. The van der Waals surface area contributed by atoms with E-state index in [9.17, 15) is 0 Å². The van der Waals surface area contributed by atoms with Gasteiger partial charge in [0.1, 0.15) is 0 Å². The monoisotopic (exact) mass is 204 g/mol. The van der Waals surface area contributed by atoms with Crippen LogP contribution in [0.15, 0.2) is 36.0 Å². The van der Waals surface area contributed by atoms with E-state index in [4.69, 9.17) is 11.1 Å². The van der Waals surface area contributed by atoms with Crippen molar-refractivity contribution in [2.75, 3.05) is 0 Å². The van der Waals surface area contributed by atoms with Crippen molar-refractivity contribution in [1.29, 1.82) is 5.41 Å². The molecule has 0 bridgehead atoms. The van der Waals surface area contributed by atoms with Gasteiger partial charge in [0.15, 0.2) is 0 Å². The Morgan fingerprint density at radius 2 is 2.27 bits per heavy atom. The third kappa shape index (κ3) is 3.74. The number of allylic oxidation sites excluding steroid dienone is 4. The number of amidine groups is 1. The number of hydrogen-bond donors (Lipinski definition) is 2. The summed E-state index contributed by atoms with van der Waals surface area (Å²) in [6.45, 7) is 5.78. The average molecular weight is 204 g/mol. The Morgan fingerprint density at radius 3 is 2.87 bits per heavy atom. The summed E-state index contributed by atoms with van der Waals surface area (Å²) in [5, 5.41) is 7.53. The van der Waals surface area contributed by atoms with E-state index in [-0.39, 0.29) is 5.92 Å². The van der Waals surface area contributed by atoms with Crippen molar-refractivity contribution in [2.45, 2.75) is 32.6 Å². The molecule has 3 N–H and O–H groups in total. The molecule has 0 radical (unpaired) electrons. The van der Waals surface area contributed by atoms with Crippen LogP contribution in [0.2, 0.25) is 0 Å². The van der Waals surface area contributed by atoms with Crippen molar-refractivity contribution < 1.29 is 0 Å². The smallest absolute Gasteiger partial charge is 0.0978 e. The second kappa shape index (κ2) is 5.54. The summed E-state index contributed by atoms with van der Waals surface area (Å²) in [5.74, 6) is 0.484. The maximum atomic E-state index is 7.53. The normalized spacial score (nSPS) is 24.6. The highest BCUT2D eigenvalue weighted by molar-refractivity contribution is 5.82. The molecule has 1 rings (SSSR count). The summed E-state index contributed by atoms with van der Waals surface area (Å²) < 4.78 is 0. The minimum Gasteiger partial charge on any atom is -0.387 e. The van der Waals surface area contributed by atoms with Crippen LogP contribution in [0.25, 0.3) is 0 Å². The Bertz CT molecular complexity index is 310. The minimum atomic E-state index is 0.175. The van der Waals surface area contributed by atoms with Gasteiger partial charge in [0, 0.05) is 5.92 Å². The molecule has 82 valence electrons. The molecular formula is C13H20N2. The molecule has 15 heavy (non-hydrogen) atoms. The van der Waals surface area contributed by atoms with Crippen molar-refractivity contribution in [3.63, 3.8) is 0 Å². The van der Waals surface area contributed by atoms with Gasteiger partial charge < -0.3 is 5.73 Å². The van der Waals surface area contributed by atoms with E-state index in [1.54, 1.807) is 0 Å². The highest BCUT2D eigenvalue weighted by atomic mass is 14.7. The molecule has 1 unspecified atom stereocenters. The zero-order valence-electron chi connectivity index (χ0n) is 9.42. The van der Waals surface area contributed by atoms with E-state index in [2.05, 4.69) is 12.7 Å². The van der Waals surface area contributed by atoms with Gasteiger partial charge in [-0.05, 0) is 26.2 Å². The first kappa shape index (κ1) is 11.8. The molecule has 1 fully saturated rings. The topological polar surface area (TPSA) is 49.9 Å². The third-order valence-electron chi connectivity index (χ3n) is 2.72. The summed E-state index contributed by atoms with van der Waals surface area (Å²) in [6, 6.07) is 0. The summed E-state index contributed by atoms with van der Waals surface area (Å²) in [6.07, 6.45) is 10.6. The quantitative estimate of drug-likeness (QED) is 0.414. The molecule has 1 aliphatic rings. The third-order valence-corrected chi connectivity index (χ3v) is 2.72. The predicted octanol–water partition coefficient (Wildman–Crippen LogP) is 3.17. The molecule has 0 aromatic heterocycles. The summed E-state index contributed by atoms with van der Waals surface area (Å²) >= 11 is 0. The van der Waals surface area contributed by atoms with Crippen LogP contribution in [0.3, 0.4) is 0 Å². The fraction of sp³-hybridized carbons (Fsp3) is 0.462. The van der Waals surface area contributed by atoms with Crippen LogP contribution in [-0.4, -0.2) is 5.84 Å². The van der Waals surface area contributed by atoms with Crippen LogP contribution in [0.4, 0.5) is 0 Å². The molecule has 1 saturated carbocycles. The summed E-state index contributed by atoms with van der Waals surface area (Å²) in [4.78, 5) is 0. The van der Waals surface area contributed by atoms with Gasteiger partial charge in [-0.25, -0.2) is 0 Å². The molecule has 0 saturated heterocycles.